The number of hydrogen-bond donors (Lipinski definition) is 3. The predicted molar refractivity (Wildman–Crippen MR) is 77.2 cm³/mol. The van der Waals surface area contributed by atoms with E-state index in [2.05, 4.69) is 10.3 Å². The van der Waals surface area contributed by atoms with Gasteiger partial charge in [-0.25, -0.2) is 4.99 Å². The molecule has 5 N–H and O–H groups in total. The van der Waals surface area contributed by atoms with Crippen molar-refractivity contribution in [2.75, 3.05) is 0 Å². The fourth-order valence-electron chi connectivity index (χ4n) is 2.44. The van der Waals surface area contributed by atoms with Crippen LogP contribution in [0.3, 0.4) is 0 Å². The molecule has 1 aromatic heterocycles. The van der Waals surface area contributed by atoms with E-state index in [9.17, 15) is 4.79 Å². The number of nitrogens with two attached hydrogens (primary N) is 2. The number of nitrogens with one attached hydrogen (secondary N) is 1. The summed E-state index contributed by atoms with van der Waals surface area (Å²) in [5.41, 5.74) is 11.0. The quantitative estimate of drug-likeness (QED) is 0.441. The lowest BCUT2D eigenvalue weighted by molar-refractivity contribution is 0.0972. The second-order valence-corrected chi connectivity index (χ2v) is 5.16. The van der Waals surface area contributed by atoms with Gasteiger partial charge in [0.1, 0.15) is 12.3 Å². The molecule has 0 bridgehead atoms. The van der Waals surface area contributed by atoms with E-state index in [1.807, 2.05) is 0 Å². The Balaban J connectivity index is 1.84. The summed E-state index contributed by atoms with van der Waals surface area (Å²) >= 11 is 0. The Morgan fingerprint density at radius 3 is 2.55 bits per heavy atom. The van der Waals surface area contributed by atoms with Crippen molar-refractivity contribution in [2.24, 2.45) is 16.5 Å². The van der Waals surface area contributed by atoms with Crippen LogP contribution in [-0.2, 0) is 6.54 Å². The smallest absolute Gasteiger partial charge is 0.284 e. The molecule has 6 nitrogen and oxygen atoms in total. The zero-order valence-corrected chi connectivity index (χ0v) is 11.6. The minimum absolute atomic E-state index is 0.144. The van der Waals surface area contributed by atoms with Gasteiger partial charge in [0.2, 0.25) is 0 Å². The number of primary amides is 1. The van der Waals surface area contributed by atoms with Crippen molar-refractivity contribution >= 4 is 11.9 Å². The second kappa shape index (κ2) is 6.98. The molecule has 0 spiro atoms. The zero-order valence-electron chi connectivity index (χ0n) is 11.6. The van der Waals surface area contributed by atoms with Gasteiger partial charge < -0.3 is 21.2 Å². The molecule has 1 aliphatic rings. The first-order valence-corrected chi connectivity index (χ1v) is 7.10. The molecule has 6 heteroatoms. The third-order valence-electron chi connectivity index (χ3n) is 3.52. The minimum Gasteiger partial charge on any atom is -0.454 e. The van der Waals surface area contributed by atoms with Crippen LogP contribution in [0.4, 0.5) is 0 Å². The molecule has 2 rings (SSSR count). The Kier molecular flexibility index (Phi) is 5.03. The summed E-state index contributed by atoms with van der Waals surface area (Å²) in [7, 11) is 0. The summed E-state index contributed by atoms with van der Waals surface area (Å²) in [4.78, 5) is 15.1. The normalized spacial score (nSPS) is 17.7. The Hall–Kier alpha value is -1.98. The summed E-state index contributed by atoms with van der Waals surface area (Å²) < 4.78 is 5.24. The van der Waals surface area contributed by atoms with Gasteiger partial charge >= 0.3 is 0 Å². The van der Waals surface area contributed by atoms with Crippen LogP contribution in [0, 0.1) is 0 Å². The van der Waals surface area contributed by atoms with E-state index in [0.29, 0.717) is 24.3 Å². The van der Waals surface area contributed by atoms with Gasteiger partial charge in [-0.05, 0) is 25.0 Å². The molecule has 0 radical (unpaired) electrons. The van der Waals surface area contributed by atoms with Crippen molar-refractivity contribution in [1.82, 2.24) is 5.32 Å². The molecule has 0 aromatic carbocycles. The molecule has 1 aliphatic carbocycles. The van der Waals surface area contributed by atoms with E-state index in [4.69, 9.17) is 15.9 Å². The van der Waals surface area contributed by atoms with Gasteiger partial charge in [0.15, 0.2) is 11.7 Å². The summed E-state index contributed by atoms with van der Waals surface area (Å²) in [5, 5.41) is 3.25. The monoisotopic (exact) mass is 278 g/mol. The van der Waals surface area contributed by atoms with Gasteiger partial charge in [-0.3, -0.25) is 4.79 Å². The van der Waals surface area contributed by atoms with Crippen LogP contribution in [0.1, 0.15) is 54.8 Å². The van der Waals surface area contributed by atoms with E-state index in [0.717, 1.165) is 12.8 Å². The van der Waals surface area contributed by atoms with Crippen LogP contribution >= 0.6 is 0 Å². The van der Waals surface area contributed by atoms with Gasteiger partial charge in [-0.1, -0.05) is 25.7 Å². The number of amides is 1. The molecular weight excluding hydrogens is 256 g/mol. The van der Waals surface area contributed by atoms with Crippen LogP contribution in [0.25, 0.3) is 0 Å². The largest absolute Gasteiger partial charge is 0.454 e. The van der Waals surface area contributed by atoms with Crippen LogP contribution in [0.2, 0.25) is 0 Å². The van der Waals surface area contributed by atoms with Gasteiger partial charge in [-0.2, -0.15) is 0 Å². The van der Waals surface area contributed by atoms with Crippen molar-refractivity contribution in [3.05, 3.63) is 23.7 Å². The fraction of sp³-hybridized carbons (Fsp3) is 0.571. The van der Waals surface area contributed by atoms with E-state index in [-0.39, 0.29) is 5.76 Å². The first kappa shape index (κ1) is 14.4. The highest BCUT2D eigenvalue weighted by Gasteiger charge is 2.12. The first-order chi connectivity index (χ1) is 9.65. The third-order valence-corrected chi connectivity index (χ3v) is 3.52. The van der Waals surface area contributed by atoms with Crippen LogP contribution in [0.15, 0.2) is 21.5 Å². The number of guanidine groups is 1. The highest BCUT2D eigenvalue weighted by Crippen LogP contribution is 2.17. The SMILES string of the molecule is NC(=O)c1ccc(CN=C(N)NC2CCCCCC2)o1. The van der Waals surface area contributed by atoms with Crippen molar-refractivity contribution in [1.29, 1.82) is 0 Å². The lowest BCUT2D eigenvalue weighted by atomic mass is 10.1. The van der Waals surface area contributed by atoms with E-state index in [1.165, 1.54) is 25.7 Å². The molecule has 0 unspecified atom stereocenters. The second-order valence-electron chi connectivity index (χ2n) is 5.16. The molecule has 20 heavy (non-hydrogen) atoms. The lowest BCUT2D eigenvalue weighted by Gasteiger charge is -2.16. The van der Waals surface area contributed by atoms with Crippen molar-refractivity contribution in [3.8, 4) is 0 Å². The average molecular weight is 278 g/mol. The standard InChI is InChI=1S/C14H22N4O2/c15-13(19)12-8-7-11(20-12)9-17-14(16)18-10-5-3-1-2-4-6-10/h7-8,10H,1-6,9H2,(H2,15,19)(H3,16,17,18). The molecule has 1 saturated carbocycles. The van der Waals surface area contributed by atoms with E-state index in [1.54, 1.807) is 12.1 Å². The van der Waals surface area contributed by atoms with Crippen molar-refractivity contribution in [2.45, 2.75) is 51.1 Å². The van der Waals surface area contributed by atoms with Gasteiger partial charge in [0, 0.05) is 6.04 Å². The highest BCUT2D eigenvalue weighted by atomic mass is 16.3. The Labute approximate surface area is 118 Å². The van der Waals surface area contributed by atoms with Gasteiger partial charge in [0.05, 0.1) is 0 Å². The highest BCUT2D eigenvalue weighted by molar-refractivity contribution is 5.89. The summed E-state index contributed by atoms with van der Waals surface area (Å²) in [6.07, 6.45) is 7.37. The van der Waals surface area contributed by atoms with E-state index >= 15 is 0 Å². The fourth-order valence-corrected chi connectivity index (χ4v) is 2.44. The maximum Gasteiger partial charge on any atom is 0.284 e. The first-order valence-electron chi connectivity index (χ1n) is 7.10. The zero-order chi connectivity index (χ0) is 14.4. The number of hydrogen-bond acceptors (Lipinski definition) is 3. The molecule has 1 heterocycles. The average Bonchev–Trinajstić information content (AvgIpc) is 2.75. The van der Waals surface area contributed by atoms with Gasteiger partial charge in [-0.15, -0.1) is 0 Å². The number of aliphatic imine (C=N–C) groups is 1. The maximum atomic E-state index is 10.9. The molecule has 0 saturated heterocycles. The molecule has 110 valence electrons. The van der Waals surface area contributed by atoms with Crippen LogP contribution < -0.4 is 16.8 Å². The number of rotatable bonds is 4. The maximum absolute atomic E-state index is 10.9. The Morgan fingerprint density at radius 1 is 1.25 bits per heavy atom. The number of carbonyl (C=O) groups is 1. The van der Waals surface area contributed by atoms with E-state index < -0.39 is 5.91 Å². The summed E-state index contributed by atoms with van der Waals surface area (Å²) in [6.45, 7) is 0.304. The predicted octanol–water partition coefficient (Wildman–Crippen LogP) is 1.51. The molecule has 1 amide bonds. The van der Waals surface area contributed by atoms with Crippen molar-refractivity contribution in [3.63, 3.8) is 0 Å². The number of nitrogens with zero attached hydrogens (tertiary/aromatic N) is 1. The number of carbonyl (C=O) groups excluding carboxylic acids is 1. The third kappa shape index (κ3) is 4.29. The molecule has 0 aliphatic heterocycles. The van der Waals surface area contributed by atoms with Crippen molar-refractivity contribution < 1.29 is 9.21 Å². The molecule has 1 fully saturated rings. The van der Waals surface area contributed by atoms with Crippen LogP contribution in [-0.4, -0.2) is 17.9 Å². The Morgan fingerprint density at radius 2 is 1.95 bits per heavy atom. The summed E-state index contributed by atoms with van der Waals surface area (Å²) in [5.74, 6) is 0.564. The summed E-state index contributed by atoms with van der Waals surface area (Å²) in [6, 6.07) is 3.64. The number of furan rings is 1. The topological polar surface area (TPSA) is 107 Å². The minimum atomic E-state index is -0.579. The van der Waals surface area contributed by atoms with Crippen LogP contribution in [0.5, 0.6) is 0 Å². The Bertz CT molecular complexity index is 473. The van der Waals surface area contributed by atoms with Gasteiger partial charge in [0.25, 0.3) is 5.91 Å². The molecule has 0 atom stereocenters. The molecule has 1 aromatic rings. The lowest BCUT2D eigenvalue weighted by Crippen LogP contribution is -2.39. The molecular formula is C14H22N4O2.